The van der Waals surface area contributed by atoms with Crippen LogP contribution in [0.25, 0.3) is 55.3 Å². The van der Waals surface area contributed by atoms with Crippen LogP contribution >= 0.6 is 0 Å². The van der Waals surface area contributed by atoms with Crippen molar-refractivity contribution in [3.63, 3.8) is 0 Å². The van der Waals surface area contributed by atoms with Crippen molar-refractivity contribution in [3.05, 3.63) is 199 Å². The summed E-state index contributed by atoms with van der Waals surface area (Å²) in [5.74, 6) is 0. The van der Waals surface area contributed by atoms with E-state index in [0.29, 0.717) is 0 Å². The lowest BCUT2D eigenvalue weighted by Gasteiger charge is -2.29. The Bertz CT molecular complexity index is 2470. The van der Waals surface area contributed by atoms with Gasteiger partial charge in [-0.1, -0.05) is 172 Å². The first kappa shape index (κ1) is 29.9. The lowest BCUT2D eigenvalue weighted by atomic mass is 9.82. The number of hydrogen-bond acceptors (Lipinski definition) is 1. The molecule has 1 heteroatoms. The van der Waals surface area contributed by atoms with Gasteiger partial charge in [0.15, 0.2) is 0 Å². The number of fused-ring (bicyclic) bond motifs is 4. The van der Waals surface area contributed by atoms with Gasteiger partial charge >= 0.3 is 0 Å². The zero-order valence-corrected chi connectivity index (χ0v) is 28.3. The smallest absolute Gasteiger partial charge is 0.0546 e. The third-order valence-electron chi connectivity index (χ3n) is 10.5. The van der Waals surface area contributed by atoms with Crippen molar-refractivity contribution in [1.29, 1.82) is 0 Å². The molecule has 0 radical (unpaired) electrons. The predicted molar refractivity (Wildman–Crippen MR) is 213 cm³/mol. The number of rotatable bonds is 6. The van der Waals surface area contributed by atoms with Crippen LogP contribution in [0, 0.1) is 0 Å². The first-order valence-corrected chi connectivity index (χ1v) is 17.4. The molecule has 8 aromatic carbocycles. The van der Waals surface area contributed by atoms with Crippen LogP contribution in [0.3, 0.4) is 0 Å². The minimum atomic E-state index is -0.0505. The number of benzene rings is 8. The SMILES string of the molecule is CC1(C)c2ccccc2-c2cc(N(c3ccc(-c4ccccc4)cc3)c3cccc4cccc(-c5ccc(-c6ccccc6)cc5)c34)ccc21. The standard InChI is InChI=1S/C49H37N/c1-49(2)45-21-10-9-19-43(45)44-33-41(31-32-46(44)49)50(40-29-27-37(28-30-40)35-15-7-4-8-16-35)47-22-12-18-39-17-11-20-42(48(39)47)38-25-23-36(24-26-38)34-13-5-3-6-14-34/h3-33H,1-2H3. The van der Waals surface area contributed by atoms with Crippen molar-refractivity contribution < 1.29 is 0 Å². The van der Waals surface area contributed by atoms with Crippen molar-refractivity contribution in [2.45, 2.75) is 19.3 Å². The van der Waals surface area contributed by atoms with Crippen LogP contribution in [-0.4, -0.2) is 0 Å². The Labute approximate surface area is 294 Å². The van der Waals surface area contributed by atoms with Crippen molar-refractivity contribution in [2.75, 3.05) is 4.90 Å². The monoisotopic (exact) mass is 639 g/mol. The summed E-state index contributed by atoms with van der Waals surface area (Å²) in [5.41, 5.74) is 16.1. The normalized spacial score (nSPS) is 12.8. The number of hydrogen-bond donors (Lipinski definition) is 0. The van der Waals surface area contributed by atoms with E-state index in [9.17, 15) is 0 Å². The predicted octanol–water partition coefficient (Wildman–Crippen LogP) is 13.6. The summed E-state index contributed by atoms with van der Waals surface area (Å²) < 4.78 is 0. The topological polar surface area (TPSA) is 3.24 Å². The highest BCUT2D eigenvalue weighted by atomic mass is 15.1. The molecule has 0 amide bonds. The molecule has 0 fully saturated rings. The van der Waals surface area contributed by atoms with Gasteiger partial charge in [-0.2, -0.15) is 0 Å². The minimum Gasteiger partial charge on any atom is -0.310 e. The fourth-order valence-electron chi connectivity index (χ4n) is 7.93. The first-order chi connectivity index (χ1) is 24.6. The van der Waals surface area contributed by atoms with E-state index in [1.807, 2.05) is 0 Å². The van der Waals surface area contributed by atoms with Gasteiger partial charge in [0.2, 0.25) is 0 Å². The van der Waals surface area contributed by atoms with Crippen LogP contribution in [0.4, 0.5) is 17.1 Å². The van der Waals surface area contributed by atoms with Gasteiger partial charge in [0.1, 0.15) is 0 Å². The van der Waals surface area contributed by atoms with Crippen LogP contribution in [0.5, 0.6) is 0 Å². The molecule has 0 N–H and O–H groups in total. The lowest BCUT2D eigenvalue weighted by molar-refractivity contribution is 0.660. The third-order valence-corrected chi connectivity index (χ3v) is 10.5. The molecule has 0 spiro atoms. The number of anilines is 3. The maximum absolute atomic E-state index is 2.45. The zero-order valence-electron chi connectivity index (χ0n) is 28.3. The first-order valence-electron chi connectivity index (χ1n) is 17.4. The van der Waals surface area contributed by atoms with E-state index in [1.165, 1.54) is 66.4 Å². The zero-order chi connectivity index (χ0) is 33.7. The summed E-state index contributed by atoms with van der Waals surface area (Å²) in [5, 5.41) is 2.45. The second-order valence-corrected chi connectivity index (χ2v) is 13.8. The molecule has 0 bridgehead atoms. The van der Waals surface area contributed by atoms with Gasteiger partial charge in [0.05, 0.1) is 5.69 Å². The summed E-state index contributed by atoms with van der Waals surface area (Å²) in [6.07, 6.45) is 0. The molecule has 1 aliphatic carbocycles. The molecular formula is C49H37N. The second kappa shape index (κ2) is 12.1. The van der Waals surface area contributed by atoms with Crippen LogP contribution in [0.15, 0.2) is 188 Å². The van der Waals surface area contributed by atoms with Crippen LogP contribution in [-0.2, 0) is 5.41 Å². The number of nitrogens with zero attached hydrogens (tertiary/aromatic N) is 1. The summed E-state index contributed by atoms with van der Waals surface area (Å²) >= 11 is 0. The molecular weight excluding hydrogens is 603 g/mol. The highest BCUT2D eigenvalue weighted by molar-refractivity contribution is 6.08. The Morgan fingerprint density at radius 3 is 1.54 bits per heavy atom. The van der Waals surface area contributed by atoms with E-state index >= 15 is 0 Å². The van der Waals surface area contributed by atoms with E-state index in [4.69, 9.17) is 0 Å². The van der Waals surface area contributed by atoms with Crippen LogP contribution < -0.4 is 4.90 Å². The third kappa shape index (κ3) is 5.02. The average molecular weight is 640 g/mol. The summed E-state index contributed by atoms with van der Waals surface area (Å²) in [6, 6.07) is 68.6. The van der Waals surface area contributed by atoms with Gasteiger partial charge in [-0.25, -0.2) is 0 Å². The molecule has 238 valence electrons. The minimum absolute atomic E-state index is 0.0505. The van der Waals surface area contributed by atoms with Gasteiger partial charge in [-0.3, -0.25) is 0 Å². The largest absolute Gasteiger partial charge is 0.310 e. The molecule has 0 atom stereocenters. The van der Waals surface area contributed by atoms with Crippen molar-refractivity contribution in [2.24, 2.45) is 0 Å². The molecule has 0 aliphatic heterocycles. The molecule has 0 aromatic heterocycles. The second-order valence-electron chi connectivity index (χ2n) is 13.8. The Morgan fingerprint density at radius 2 is 0.860 bits per heavy atom. The maximum Gasteiger partial charge on any atom is 0.0546 e. The van der Waals surface area contributed by atoms with Gasteiger partial charge in [0.25, 0.3) is 0 Å². The highest BCUT2D eigenvalue weighted by Gasteiger charge is 2.35. The van der Waals surface area contributed by atoms with E-state index in [0.717, 1.165) is 17.1 Å². The van der Waals surface area contributed by atoms with Crippen molar-refractivity contribution in [3.8, 4) is 44.5 Å². The molecule has 0 heterocycles. The summed E-state index contributed by atoms with van der Waals surface area (Å²) in [6.45, 7) is 4.69. The Morgan fingerprint density at radius 1 is 0.360 bits per heavy atom. The van der Waals surface area contributed by atoms with E-state index < -0.39 is 0 Å². The maximum atomic E-state index is 2.45. The lowest BCUT2D eigenvalue weighted by Crippen LogP contribution is -2.15. The van der Waals surface area contributed by atoms with Gasteiger partial charge in [-0.05, 0) is 91.4 Å². The summed E-state index contributed by atoms with van der Waals surface area (Å²) in [4.78, 5) is 2.45. The molecule has 0 unspecified atom stereocenters. The van der Waals surface area contributed by atoms with E-state index in [1.54, 1.807) is 0 Å². The molecule has 0 saturated carbocycles. The van der Waals surface area contributed by atoms with Gasteiger partial charge in [-0.15, -0.1) is 0 Å². The quantitative estimate of drug-likeness (QED) is 0.175. The van der Waals surface area contributed by atoms with E-state index in [-0.39, 0.29) is 5.41 Å². The van der Waals surface area contributed by atoms with Crippen LogP contribution in [0.1, 0.15) is 25.0 Å². The van der Waals surface area contributed by atoms with Crippen molar-refractivity contribution in [1.82, 2.24) is 0 Å². The molecule has 8 aromatic rings. The fraction of sp³-hybridized carbons (Fsp3) is 0.0612. The molecule has 0 saturated heterocycles. The highest BCUT2D eigenvalue weighted by Crippen LogP contribution is 2.51. The summed E-state index contributed by atoms with van der Waals surface area (Å²) in [7, 11) is 0. The van der Waals surface area contributed by atoms with Gasteiger partial charge < -0.3 is 4.90 Å². The Kier molecular flexibility index (Phi) is 7.21. The fourth-order valence-corrected chi connectivity index (χ4v) is 7.93. The Balaban J connectivity index is 1.24. The van der Waals surface area contributed by atoms with Crippen molar-refractivity contribution >= 4 is 27.8 Å². The van der Waals surface area contributed by atoms with E-state index in [2.05, 4.69) is 207 Å². The average Bonchev–Trinajstić information content (AvgIpc) is 3.41. The molecule has 1 aliphatic rings. The molecule has 50 heavy (non-hydrogen) atoms. The van der Waals surface area contributed by atoms with Gasteiger partial charge in [0, 0.05) is 22.2 Å². The Hall–Kier alpha value is -6.18. The van der Waals surface area contributed by atoms with Crippen LogP contribution in [0.2, 0.25) is 0 Å². The molecule has 1 nitrogen and oxygen atoms in total. The molecule has 9 rings (SSSR count).